The van der Waals surface area contributed by atoms with E-state index in [1.807, 2.05) is 24.3 Å². The quantitative estimate of drug-likeness (QED) is 0.475. The van der Waals surface area contributed by atoms with Gasteiger partial charge in [0.1, 0.15) is 11.6 Å². The number of morpholine rings is 1. The van der Waals surface area contributed by atoms with Crippen molar-refractivity contribution < 1.29 is 23.1 Å². The average molecular weight is 540 g/mol. The Labute approximate surface area is 229 Å². The number of amides is 1. The Bertz CT molecular complexity index is 1120. The van der Waals surface area contributed by atoms with E-state index in [2.05, 4.69) is 15.1 Å². The highest BCUT2D eigenvalue weighted by molar-refractivity contribution is 5.98. The van der Waals surface area contributed by atoms with Gasteiger partial charge in [-0.25, -0.2) is 8.78 Å². The maximum atomic E-state index is 14.0. The summed E-state index contributed by atoms with van der Waals surface area (Å²) in [7, 11) is 0. The van der Waals surface area contributed by atoms with Crippen molar-refractivity contribution in [3.63, 3.8) is 0 Å². The van der Waals surface area contributed by atoms with E-state index in [0.29, 0.717) is 24.3 Å². The van der Waals surface area contributed by atoms with E-state index in [4.69, 9.17) is 4.74 Å². The molecule has 2 aromatic rings. The largest absolute Gasteiger partial charge is 0.378 e. The number of Topliss-reactive ketones (excluding diaryl/α,β-unsaturated/α-hetero) is 1. The van der Waals surface area contributed by atoms with Crippen molar-refractivity contribution in [3.05, 3.63) is 65.2 Å². The van der Waals surface area contributed by atoms with Gasteiger partial charge in [-0.2, -0.15) is 0 Å². The molecule has 8 heteroatoms. The molecule has 1 aliphatic carbocycles. The first kappa shape index (κ1) is 27.7. The minimum absolute atomic E-state index is 0.00343. The topological polar surface area (TPSA) is 61.9 Å². The number of hydrogen-bond acceptors (Lipinski definition) is 5. The zero-order valence-electron chi connectivity index (χ0n) is 22.5. The van der Waals surface area contributed by atoms with E-state index >= 15 is 0 Å². The molecule has 0 bridgehead atoms. The third kappa shape index (κ3) is 7.22. The number of anilines is 1. The summed E-state index contributed by atoms with van der Waals surface area (Å²) in [5.74, 6) is -1.18. The monoisotopic (exact) mass is 539 g/mol. The van der Waals surface area contributed by atoms with Crippen LogP contribution in [0.3, 0.4) is 0 Å². The molecule has 39 heavy (non-hydrogen) atoms. The van der Waals surface area contributed by atoms with Gasteiger partial charge in [0.2, 0.25) is 0 Å². The Hall–Kier alpha value is -2.84. The highest BCUT2D eigenvalue weighted by Gasteiger charge is 2.29. The number of carbonyl (C=O) groups is 2. The second-order valence-electron chi connectivity index (χ2n) is 11.2. The first-order valence-electron chi connectivity index (χ1n) is 14.4. The van der Waals surface area contributed by atoms with Crippen LogP contribution in [0.5, 0.6) is 0 Å². The van der Waals surface area contributed by atoms with Crippen LogP contribution < -0.4 is 10.2 Å². The standard InChI is InChI=1S/C31H39F2N3O3/c32-25-5-10-28(29(33)21-25)30(37)23-12-15-35(16-13-23)14-11-22-1-6-26(7-2-22)34-31(38)24-3-8-27(9-4-24)36-17-19-39-20-18-36/h3-5,8-10,21-23,26H,1-2,6-7,11-20H2,(H,34,38). The number of carbonyl (C=O) groups excluding carboxylic acids is 2. The van der Waals surface area contributed by atoms with Crippen LogP contribution in [0.2, 0.25) is 0 Å². The lowest BCUT2D eigenvalue weighted by Gasteiger charge is -2.34. The summed E-state index contributed by atoms with van der Waals surface area (Å²) in [6, 6.07) is 11.3. The van der Waals surface area contributed by atoms with Gasteiger partial charge >= 0.3 is 0 Å². The number of hydrogen-bond donors (Lipinski definition) is 1. The summed E-state index contributed by atoms with van der Waals surface area (Å²) in [5.41, 5.74) is 1.84. The fourth-order valence-electron chi connectivity index (χ4n) is 6.20. The van der Waals surface area contributed by atoms with E-state index in [0.717, 1.165) is 95.9 Å². The maximum Gasteiger partial charge on any atom is 0.251 e. The van der Waals surface area contributed by atoms with Crippen molar-refractivity contribution in [3.8, 4) is 0 Å². The highest BCUT2D eigenvalue weighted by Crippen LogP contribution is 2.29. The van der Waals surface area contributed by atoms with Gasteiger partial charge in [-0.15, -0.1) is 0 Å². The van der Waals surface area contributed by atoms with Gasteiger partial charge in [0.15, 0.2) is 5.78 Å². The third-order valence-electron chi connectivity index (χ3n) is 8.70. The van der Waals surface area contributed by atoms with Crippen LogP contribution in [0.4, 0.5) is 14.5 Å². The number of rotatable bonds is 8. The van der Waals surface area contributed by atoms with E-state index in [-0.39, 0.29) is 29.2 Å². The molecule has 2 aromatic carbocycles. The van der Waals surface area contributed by atoms with Gasteiger partial charge < -0.3 is 19.9 Å². The molecule has 1 amide bonds. The number of nitrogens with one attached hydrogen (secondary N) is 1. The lowest BCUT2D eigenvalue weighted by atomic mass is 9.83. The predicted molar refractivity (Wildman–Crippen MR) is 147 cm³/mol. The number of likely N-dealkylation sites (tertiary alicyclic amines) is 1. The van der Waals surface area contributed by atoms with Crippen LogP contribution in [0.25, 0.3) is 0 Å². The van der Waals surface area contributed by atoms with Gasteiger partial charge in [-0.1, -0.05) is 0 Å². The van der Waals surface area contributed by atoms with Gasteiger partial charge in [0.05, 0.1) is 18.8 Å². The Kier molecular flexibility index (Phi) is 9.24. The van der Waals surface area contributed by atoms with Crippen LogP contribution in [0, 0.1) is 23.5 Å². The molecule has 6 nitrogen and oxygen atoms in total. The molecule has 1 saturated carbocycles. The third-order valence-corrected chi connectivity index (χ3v) is 8.70. The smallest absolute Gasteiger partial charge is 0.251 e. The predicted octanol–water partition coefficient (Wildman–Crippen LogP) is 5.08. The maximum absolute atomic E-state index is 14.0. The van der Waals surface area contributed by atoms with Gasteiger partial charge in [-0.05, 0) is 107 Å². The van der Waals surface area contributed by atoms with Crippen molar-refractivity contribution in [1.82, 2.24) is 10.2 Å². The number of halogens is 2. The molecule has 210 valence electrons. The van der Waals surface area contributed by atoms with Gasteiger partial charge in [0.25, 0.3) is 5.91 Å². The van der Waals surface area contributed by atoms with Crippen LogP contribution in [0.1, 0.15) is 65.7 Å². The van der Waals surface area contributed by atoms with Crippen LogP contribution in [-0.2, 0) is 4.74 Å². The van der Waals surface area contributed by atoms with Crippen molar-refractivity contribution in [2.24, 2.45) is 11.8 Å². The van der Waals surface area contributed by atoms with E-state index in [9.17, 15) is 18.4 Å². The van der Waals surface area contributed by atoms with Gasteiger partial charge in [-0.3, -0.25) is 9.59 Å². The van der Waals surface area contributed by atoms with Crippen LogP contribution in [0.15, 0.2) is 42.5 Å². The molecule has 0 atom stereocenters. The van der Waals surface area contributed by atoms with E-state index in [1.165, 1.54) is 6.07 Å². The van der Waals surface area contributed by atoms with Crippen molar-refractivity contribution >= 4 is 17.4 Å². The first-order chi connectivity index (χ1) is 19.0. The fraction of sp³-hybridized carbons (Fsp3) is 0.548. The second kappa shape index (κ2) is 13.0. The molecule has 0 spiro atoms. The molecule has 2 saturated heterocycles. The number of ether oxygens (including phenoxy) is 1. The molecular formula is C31H39F2N3O3. The molecule has 5 rings (SSSR count). The minimum atomic E-state index is -0.768. The summed E-state index contributed by atoms with van der Waals surface area (Å²) in [6.45, 7) is 5.90. The molecule has 2 heterocycles. The molecule has 1 N–H and O–H groups in total. The molecular weight excluding hydrogens is 500 g/mol. The summed E-state index contributed by atoms with van der Waals surface area (Å²) >= 11 is 0. The van der Waals surface area contributed by atoms with Crippen LogP contribution >= 0.6 is 0 Å². The summed E-state index contributed by atoms with van der Waals surface area (Å²) in [6.07, 6.45) is 6.77. The summed E-state index contributed by atoms with van der Waals surface area (Å²) in [5, 5.41) is 3.23. The normalized spacial score (nSPS) is 23.0. The number of ketones is 1. The van der Waals surface area contributed by atoms with Crippen molar-refractivity contribution in [1.29, 1.82) is 0 Å². The molecule has 3 fully saturated rings. The summed E-state index contributed by atoms with van der Waals surface area (Å²) < 4.78 is 32.6. The minimum Gasteiger partial charge on any atom is -0.378 e. The number of nitrogens with zero attached hydrogens (tertiary/aromatic N) is 2. The molecule has 0 unspecified atom stereocenters. The molecule has 0 radical (unpaired) electrons. The Morgan fingerprint density at radius 1 is 0.872 bits per heavy atom. The second-order valence-corrected chi connectivity index (χ2v) is 11.2. The van der Waals surface area contributed by atoms with Gasteiger partial charge in [0, 0.05) is 42.4 Å². The highest BCUT2D eigenvalue weighted by atomic mass is 19.1. The zero-order chi connectivity index (χ0) is 27.2. The molecule has 0 aromatic heterocycles. The van der Waals surface area contributed by atoms with E-state index < -0.39 is 11.6 Å². The van der Waals surface area contributed by atoms with Crippen molar-refractivity contribution in [2.45, 2.75) is 51.0 Å². The molecule has 2 aliphatic heterocycles. The zero-order valence-corrected chi connectivity index (χ0v) is 22.5. The number of benzene rings is 2. The summed E-state index contributed by atoms with van der Waals surface area (Å²) in [4.78, 5) is 30.2. The lowest BCUT2D eigenvalue weighted by molar-refractivity contribution is 0.0828. The Morgan fingerprint density at radius 3 is 2.23 bits per heavy atom. The fourth-order valence-corrected chi connectivity index (χ4v) is 6.20. The Morgan fingerprint density at radius 2 is 1.56 bits per heavy atom. The van der Waals surface area contributed by atoms with E-state index in [1.54, 1.807) is 0 Å². The SMILES string of the molecule is O=C(NC1CCC(CCN2CCC(C(=O)c3ccc(F)cc3F)CC2)CC1)c1ccc(N2CCOCC2)cc1. The van der Waals surface area contributed by atoms with Crippen molar-refractivity contribution in [2.75, 3.05) is 50.8 Å². The lowest BCUT2D eigenvalue weighted by Crippen LogP contribution is -2.39. The average Bonchev–Trinajstić information content (AvgIpc) is 2.97. The number of piperidine rings is 1. The first-order valence-corrected chi connectivity index (χ1v) is 14.4. The molecule has 3 aliphatic rings. The van der Waals surface area contributed by atoms with Crippen LogP contribution in [-0.4, -0.2) is 68.6 Å². The Balaban J connectivity index is 0.993.